The molecule has 0 spiro atoms. The number of esters is 1. The Balaban J connectivity index is 0.000000245. The molecule has 238 valence electrons. The van der Waals surface area contributed by atoms with Crippen LogP contribution in [0.25, 0.3) is 21.8 Å². The van der Waals surface area contributed by atoms with Crippen LogP contribution in [0.15, 0.2) is 85.5 Å². The zero-order valence-electron chi connectivity index (χ0n) is 28.1. The molecule has 0 bridgehead atoms. The fourth-order valence-corrected chi connectivity index (χ4v) is 6.59. The van der Waals surface area contributed by atoms with Crippen LogP contribution in [0.2, 0.25) is 0 Å². The number of fused-ring (bicyclic) bond motifs is 2. The van der Waals surface area contributed by atoms with Crippen molar-refractivity contribution in [1.82, 2.24) is 19.1 Å². The second kappa shape index (κ2) is 15.3. The maximum atomic E-state index is 12.2. The van der Waals surface area contributed by atoms with Gasteiger partial charge in [0.2, 0.25) is 0 Å². The zero-order valence-corrected chi connectivity index (χ0v) is 28.1. The van der Waals surface area contributed by atoms with E-state index in [1.54, 1.807) is 12.4 Å². The number of nitrogens with zero attached hydrogens (tertiary/aromatic N) is 4. The van der Waals surface area contributed by atoms with Gasteiger partial charge in [0.15, 0.2) is 0 Å². The van der Waals surface area contributed by atoms with Crippen LogP contribution in [0.5, 0.6) is 0 Å². The van der Waals surface area contributed by atoms with E-state index < -0.39 is 5.97 Å². The number of para-hydroxylation sites is 2. The molecule has 47 heavy (non-hydrogen) atoms. The fraction of sp³-hybridized carbons (Fsp3) is 0.243. The minimum absolute atomic E-state index is 0. The number of aromatic nitrogens is 4. The van der Waals surface area contributed by atoms with Crippen LogP contribution in [0.4, 0.5) is 0 Å². The van der Waals surface area contributed by atoms with Gasteiger partial charge in [-0.3, -0.25) is 9.97 Å². The summed E-state index contributed by atoms with van der Waals surface area (Å²) in [7, 11) is 1.42. The molecule has 0 aliphatic heterocycles. The van der Waals surface area contributed by atoms with E-state index in [9.17, 15) is 14.7 Å². The molecular formula is C37H39LiN4O5. The number of rotatable bonds is 6. The number of carbonyl (C=O) groups excluding carboxylic acids is 1. The standard InChI is InChI=1S/C19H20N2O2.C18H18N2O2.Li.H2O/c1-12-11-20-10-9-15(12)13(2)21-14(3)18(19(22)23-4)16-7-5-6-8-17(16)21;1-11-10-19-9-8-14(11)12(2)20-13(3)17(18(21)22)15-6-4-5-7-16(15)20;;/h5-11,13H,1-4H3;4-10,12H,1-3H3,(H,21,22);;1H2/q;;+1;/p-1. The van der Waals surface area contributed by atoms with Gasteiger partial charge in [-0.25, -0.2) is 9.59 Å². The first-order valence-corrected chi connectivity index (χ1v) is 14.9. The molecule has 0 amide bonds. The number of methoxy groups -OCH3 is 1. The molecule has 2 aromatic carbocycles. The number of hydrogen-bond acceptors (Lipinski definition) is 6. The van der Waals surface area contributed by atoms with Gasteiger partial charge in [0.1, 0.15) is 0 Å². The van der Waals surface area contributed by atoms with E-state index in [0.29, 0.717) is 11.1 Å². The quantitative estimate of drug-likeness (QED) is 0.207. The number of carboxylic acids is 1. The number of aryl methyl sites for hydroxylation is 2. The van der Waals surface area contributed by atoms with E-state index in [-0.39, 0.29) is 42.4 Å². The van der Waals surface area contributed by atoms with Crippen LogP contribution in [0.1, 0.15) is 80.3 Å². The third-order valence-electron chi connectivity index (χ3n) is 8.72. The van der Waals surface area contributed by atoms with E-state index in [1.165, 1.54) is 12.7 Å². The second-order valence-electron chi connectivity index (χ2n) is 11.3. The van der Waals surface area contributed by atoms with Crippen LogP contribution in [-0.2, 0) is 4.74 Å². The van der Waals surface area contributed by atoms with Crippen molar-refractivity contribution in [3.63, 3.8) is 0 Å². The third-order valence-corrected chi connectivity index (χ3v) is 8.72. The van der Waals surface area contributed by atoms with Crippen LogP contribution >= 0.6 is 0 Å². The molecule has 6 rings (SSSR count). The Kier molecular flexibility index (Phi) is 12.0. The largest absolute Gasteiger partial charge is 1.00 e. The molecule has 2 N–H and O–H groups in total. The number of carbonyl (C=O) groups is 2. The van der Waals surface area contributed by atoms with E-state index >= 15 is 0 Å². The van der Waals surface area contributed by atoms with Gasteiger partial charge in [0, 0.05) is 58.0 Å². The molecule has 2 unspecified atom stereocenters. The van der Waals surface area contributed by atoms with Gasteiger partial charge in [-0.15, -0.1) is 0 Å². The Morgan fingerprint density at radius 2 is 1.11 bits per heavy atom. The average molecular weight is 627 g/mol. The molecule has 4 aromatic heterocycles. The summed E-state index contributed by atoms with van der Waals surface area (Å²) >= 11 is 0. The van der Waals surface area contributed by atoms with E-state index in [2.05, 4.69) is 39.9 Å². The van der Waals surface area contributed by atoms with E-state index in [1.807, 2.05) is 93.8 Å². The normalized spacial score (nSPS) is 11.9. The Bertz CT molecular complexity index is 2050. The van der Waals surface area contributed by atoms with Gasteiger partial charge in [0.25, 0.3) is 0 Å². The van der Waals surface area contributed by atoms with Crippen molar-refractivity contribution in [1.29, 1.82) is 0 Å². The number of aromatic carboxylic acids is 1. The van der Waals surface area contributed by atoms with Gasteiger partial charge < -0.3 is 24.5 Å². The van der Waals surface area contributed by atoms with Gasteiger partial charge in [-0.1, -0.05) is 36.4 Å². The zero-order chi connectivity index (χ0) is 32.4. The molecule has 10 heteroatoms. The summed E-state index contributed by atoms with van der Waals surface area (Å²) in [6, 6.07) is 19.8. The van der Waals surface area contributed by atoms with Crippen LogP contribution in [0, 0.1) is 27.7 Å². The molecule has 2 atom stereocenters. The van der Waals surface area contributed by atoms with E-state index in [0.717, 1.165) is 49.9 Å². The summed E-state index contributed by atoms with van der Waals surface area (Å²) < 4.78 is 9.28. The van der Waals surface area contributed by atoms with E-state index in [4.69, 9.17) is 4.74 Å². The molecule has 0 aliphatic carbocycles. The molecule has 0 fully saturated rings. The smallest absolute Gasteiger partial charge is 0.870 e. The number of carboxylic acid groups (broad SMARTS) is 1. The molecule has 9 nitrogen and oxygen atoms in total. The fourth-order valence-electron chi connectivity index (χ4n) is 6.59. The van der Waals surface area contributed by atoms with Crippen molar-refractivity contribution in [3.8, 4) is 0 Å². The van der Waals surface area contributed by atoms with Crippen molar-refractivity contribution in [2.75, 3.05) is 7.11 Å². The molecular weight excluding hydrogens is 587 g/mol. The summed E-state index contributed by atoms with van der Waals surface area (Å²) in [5, 5.41) is 11.3. The minimum atomic E-state index is -0.883. The van der Waals surface area contributed by atoms with Crippen LogP contribution in [0.3, 0.4) is 0 Å². The van der Waals surface area contributed by atoms with Crippen LogP contribution < -0.4 is 18.9 Å². The monoisotopic (exact) mass is 626 g/mol. The van der Waals surface area contributed by atoms with Crippen molar-refractivity contribution in [3.05, 3.63) is 130 Å². The first-order valence-electron chi connectivity index (χ1n) is 14.9. The van der Waals surface area contributed by atoms with Crippen molar-refractivity contribution in [2.24, 2.45) is 0 Å². The summed E-state index contributed by atoms with van der Waals surface area (Å²) in [5.74, 6) is -1.18. The molecule has 4 heterocycles. The molecule has 0 saturated heterocycles. The van der Waals surface area contributed by atoms with Crippen molar-refractivity contribution < 1.29 is 43.8 Å². The Morgan fingerprint density at radius 3 is 1.51 bits per heavy atom. The molecule has 6 aromatic rings. The van der Waals surface area contributed by atoms with Gasteiger partial charge in [0.05, 0.1) is 30.3 Å². The van der Waals surface area contributed by atoms with Gasteiger partial charge in [-0.2, -0.15) is 0 Å². The SMILES string of the molecule is COC(=O)c1c(C)n(C(C)c2ccncc2C)c2ccccc12.Cc1cnccc1C(C)n1c(C)c(C(=O)O)c2ccccc21.[Li+].[OH-]. The molecule has 0 aliphatic rings. The Hall–Kier alpha value is -4.68. The maximum absolute atomic E-state index is 12.2. The first-order chi connectivity index (χ1) is 21.6. The summed E-state index contributed by atoms with van der Waals surface area (Å²) in [6.45, 7) is 12.2. The maximum Gasteiger partial charge on any atom is 1.00 e. The third kappa shape index (κ3) is 6.74. The Labute approximate surface area is 286 Å². The van der Waals surface area contributed by atoms with Crippen LogP contribution in [-0.4, -0.2) is 48.7 Å². The number of pyridine rings is 2. The van der Waals surface area contributed by atoms with Gasteiger partial charge in [-0.05, 0) is 88.1 Å². The molecule has 0 saturated carbocycles. The van der Waals surface area contributed by atoms with Crippen molar-refractivity contribution >= 4 is 33.7 Å². The average Bonchev–Trinajstić information content (AvgIpc) is 3.50. The number of hydrogen-bond donors (Lipinski definition) is 1. The predicted molar refractivity (Wildman–Crippen MR) is 179 cm³/mol. The topological polar surface area (TPSA) is 129 Å². The second-order valence-corrected chi connectivity index (χ2v) is 11.3. The summed E-state index contributed by atoms with van der Waals surface area (Å²) in [5.41, 5.74) is 9.28. The minimum Gasteiger partial charge on any atom is -0.870 e. The van der Waals surface area contributed by atoms with Crippen molar-refractivity contribution in [2.45, 2.75) is 53.6 Å². The molecule has 0 radical (unpaired) electrons. The Morgan fingerprint density at radius 1 is 0.702 bits per heavy atom. The first kappa shape index (κ1) is 36.8. The summed E-state index contributed by atoms with van der Waals surface area (Å²) in [6.07, 6.45) is 7.29. The summed E-state index contributed by atoms with van der Waals surface area (Å²) in [4.78, 5) is 32.2. The predicted octanol–water partition coefficient (Wildman–Crippen LogP) is 4.84. The number of benzene rings is 2. The number of ether oxygens (including phenoxy) is 1. The van der Waals surface area contributed by atoms with Gasteiger partial charge >= 0.3 is 30.8 Å².